The maximum absolute atomic E-state index is 13.8. The Morgan fingerprint density at radius 2 is 1.80 bits per heavy atom. The van der Waals surface area contributed by atoms with E-state index in [0.29, 0.717) is 6.04 Å². The molecule has 1 aliphatic heterocycles. The number of hydrogen-bond donors (Lipinski definition) is 1. The van der Waals surface area contributed by atoms with Crippen molar-refractivity contribution in [2.45, 2.75) is 38.3 Å². The van der Waals surface area contributed by atoms with Crippen LogP contribution in [-0.4, -0.2) is 30.6 Å². The van der Waals surface area contributed by atoms with Gasteiger partial charge in [-0.15, -0.1) is 12.4 Å². The summed E-state index contributed by atoms with van der Waals surface area (Å²) in [6.07, 6.45) is 5.11. The van der Waals surface area contributed by atoms with E-state index in [4.69, 9.17) is 0 Å². The van der Waals surface area contributed by atoms with Gasteiger partial charge in [-0.2, -0.15) is 0 Å². The zero-order valence-corrected chi connectivity index (χ0v) is 12.7. The second-order valence-corrected chi connectivity index (χ2v) is 5.95. The predicted molar refractivity (Wildman–Crippen MR) is 82.7 cm³/mol. The molecule has 0 aromatic heterocycles. The third-order valence-corrected chi connectivity index (χ3v) is 4.35. The van der Waals surface area contributed by atoms with Crippen LogP contribution in [0.4, 0.5) is 4.39 Å². The highest BCUT2D eigenvalue weighted by Crippen LogP contribution is 2.30. The highest BCUT2D eigenvalue weighted by molar-refractivity contribution is 5.85. The molecular weight excluding hydrogens is 275 g/mol. The molecule has 2 aliphatic rings. The zero-order chi connectivity index (χ0) is 13.1. The maximum atomic E-state index is 13.8. The van der Waals surface area contributed by atoms with E-state index >= 15 is 0 Å². The molecule has 0 amide bonds. The third-order valence-electron chi connectivity index (χ3n) is 4.35. The van der Waals surface area contributed by atoms with Crippen molar-refractivity contribution < 1.29 is 4.39 Å². The number of nitrogens with zero attached hydrogens (tertiary/aromatic N) is 1. The maximum Gasteiger partial charge on any atom is 0.127 e. The number of benzene rings is 1. The van der Waals surface area contributed by atoms with Crippen LogP contribution in [0.3, 0.4) is 0 Å². The van der Waals surface area contributed by atoms with E-state index in [2.05, 4.69) is 10.2 Å². The molecule has 20 heavy (non-hydrogen) atoms. The fourth-order valence-corrected chi connectivity index (χ4v) is 3.02. The zero-order valence-electron chi connectivity index (χ0n) is 11.9. The molecule has 0 atom stereocenters. The van der Waals surface area contributed by atoms with Crippen LogP contribution in [0.25, 0.3) is 0 Å². The van der Waals surface area contributed by atoms with Gasteiger partial charge in [-0.3, -0.25) is 4.90 Å². The second kappa shape index (κ2) is 7.39. The van der Waals surface area contributed by atoms with E-state index in [-0.39, 0.29) is 18.2 Å². The Hall–Kier alpha value is -0.640. The van der Waals surface area contributed by atoms with E-state index in [1.54, 1.807) is 12.1 Å². The van der Waals surface area contributed by atoms with Crippen LogP contribution >= 0.6 is 12.4 Å². The van der Waals surface area contributed by atoms with Gasteiger partial charge in [0.05, 0.1) is 0 Å². The molecule has 1 aromatic carbocycles. The van der Waals surface area contributed by atoms with Crippen LogP contribution in [0.1, 0.15) is 31.2 Å². The summed E-state index contributed by atoms with van der Waals surface area (Å²) in [7, 11) is 0. The number of hydrogen-bond acceptors (Lipinski definition) is 2. The van der Waals surface area contributed by atoms with Gasteiger partial charge in [-0.05, 0) is 50.8 Å². The standard InChI is InChI=1S/C16H23FN2.ClH/c17-16-4-2-1-3-14(16)12-19(15-5-6-15)11-13-7-9-18-10-8-13;/h1-4,13,15,18H,5-12H2;1H. The molecule has 2 fully saturated rings. The Labute approximate surface area is 127 Å². The number of piperidine rings is 1. The molecule has 4 heteroatoms. The van der Waals surface area contributed by atoms with Crippen LogP contribution in [0, 0.1) is 11.7 Å². The average molecular weight is 299 g/mol. The minimum Gasteiger partial charge on any atom is -0.317 e. The van der Waals surface area contributed by atoms with Crippen molar-refractivity contribution in [3.63, 3.8) is 0 Å². The molecular formula is C16H24ClFN2. The largest absolute Gasteiger partial charge is 0.317 e. The van der Waals surface area contributed by atoms with Crippen LogP contribution < -0.4 is 5.32 Å². The lowest BCUT2D eigenvalue weighted by Gasteiger charge is -2.30. The van der Waals surface area contributed by atoms with Gasteiger partial charge >= 0.3 is 0 Å². The lowest BCUT2D eigenvalue weighted by molar-refractivity contribution is 0.188. The van der Waals surface area contributed by atoms with Crippen molar-refractivity contribution >= 4 is 12.4 Å². The van der Waals surface area contributed by atoms with E-state index < -0.39 is 0 Å². The first kappa shape index (κ1) is 15.7. The molecule has 1 saturated carbocycles. The Morgan fingerprint density at radius 3 is 2.45 bits per heavy atom. The van der Waals surface area contributed by atoms with Crippen molar-refractivity contribution in [1.29, 1.82) is 0 Å². The number of rotatable bonds is 5. The van der Waals surface area contributed by atoms with Crippen LogP contribution in [0.15, 0.2) is 24.3 Å². The molecule has 3 rings (SSSR count). The van der Waals surface area contributed by atoms with E-state index in [9.17, 15) is 4.39 Å². The molecule has 1 aromatic rings. The molecule has 1 aliphatic carbocycles. The van der Waals surface area contributed by atoms with Crippen molar-refractivity contribution in [2.24, 2.45) is 5.92 Å². The summed E-state index contributed by atoms with van der Waals surface area (Å²) in [5.41, 5.74) is 0.850. The third kappa shape index (κ3) is 4.18. The first-order valence-corrected chi connectivity index (χ1v) is 7.51. The summed E-state index contributed by atoms with van der Waals surface area (Å²) >= 11 is 0. The molecule has 0 radical (unpaired) electrons. The highest BCUT2D eigenvalue weighted by atomic mass is 35.5. The van der Waals surface area contributed by atoms with Crippen molar-refractivity contribution in [1.82, 2.24) is 10.2 Å². The van der Waals surface area contributed by atoms with E-state index in [1.807, 2.05) is 12.1 Å². The van der Waals surface area contributed by atoms with E-state index in [1.165, 1.54) is 25.7 Å². The molecule has 2 nitrogen and oxygen atoms in total. The second-order valence-electron chi connectivity index (χ2n) is 5.95. The molecule has 0 spiro atoms. The lowest BCUT2D eigenvalue weighted by atomic mass is 9.97. The van der Waals surface area contributed by atoms with Gasteiger partial charge in [0.15, 0.2) is 0 Å². The van der Waals surface area contributed by atoms with Gasteiger partial charge in [0.1, 0.15) is 5.82 Å². The van der Waals surface area contributed by atoms with Gasteiger partial charge in [0.2, 0.25) is 0 Å². The molecule has 112 valence electrons. The number of halogens is 2. The monoisotopic (exact) mass is 298 g/mol. The molecule has 0 bridgehead atoms. The van der Waals surface area contributed by atoms with Crippen molar-refractivity contribution in [2.75, 3.05) is 19.6 Å². The summed E-state index contributed by atoms with van der Waals surface area (Å²) in [5.74, 6) is 0.729. The van der Waals surface area contributed by atoms with Crippen molar-refractivity contribution in [3.8, 4) is 0 Å². The van der Waals surface area contributed by atoms with Gasteiger partial charge in [0, 0.05) is 24.7 Å². The minimum atomic E-state index is -0.0570. The Kier molecular flexibility index (Phi) is 5.82. The van der Waals surface area contributed by atoms with Crippen LogP contribution in [0.2, 0.25) is 0 Å². The van der Waals surface area contributed by atoms with E-state index in [0.717, 1.165) is 37.7 Å². The summed E-state index contributed by atoms with van der Waals surface area (Å²) in [5, 5.41) is 3.41. The van der Waals surface area contributed by atoms with Crippen molar-refractivity contribution in [3.05, 3.63) is 35.6 Å². The Bertz CT molecular complexity index is 417. The molecule has 0 unspecified atom stereocenters. The van der Waals surface area contributed by atoms with Gasteiger partial charge < -0.3 is 5.32 Å². The first-order valence-electron chi connectivity index (χ1n) is 7.51. The van der Waals surface area contributed by atoms with Gasteiger partial charge in [0.25, 0.3) is 0 Å². The summed E-state index contributed by atoms with van der Waals surface area (Å²) in [6, 6.07) is 7.91. The fourth-order valence-electron chi connectivity index (χ4n) is 3.02. The number of nitrogens with one attached hydrogen (secondary N) is 1. The lowest BCUT2D eigenvalue weighted by Crippen LogP contribution is -2.37. The smallest absolute Gasteiger partial charge is 0.127 e. The summed E-state index contributed by atoms with van der Waals surface area (Å²) in [6.45, 7) is 4.20. The SMILES string of the molecule is Cl.Fc1ccccc1CN(CC1CCNCC1)C1CC1. The van der Waals surface area contributed by atoms with Crippen LogP contribution in [-0.2, 0) is 6.54 Å². The minimum absolute atomic E-state index is 0. The predicted octanol–water partition coefficient (Wildman–Crippen LogP) is 3.21. The van der Waals surface area contributed by atoms with Crippen LogP contribution in [0.5, 0.6) is 0 Å². The quantitative estimate of drug-likeness (QED) is 0.898. The highest BCUT2D eigenvalue weighted by Gasteiger charge is 2.31. The average Bonchev–Trinajstić information content (AvgIpc) is 3.26. The van der Waals surface area contributed by atoms with Gasteiger partial charge in [-0.1, -0.05) is 18.2 Å². The first-order chi connectivity index (χ1) is 9.33. The Balaban J connectivity index is 0.00000147. The molecule has 1 N–H and O–H groups in total. The normalized spacial score (nSPS) is 19.9. The topological polar surface area (TPSA) is 15.3 Å². The summed E-state index contributed by atoms with van der Waals surface area (Å²) in [4.78, 5) is 2.51. The fraction of sp³-hybridized carbons (Fsp3) is 0.625. The Morgan fingerprint density at radius 1 is 1.10 bits per heavy atom. The summed E-state index contributed by atoms with van der Waals surface area (Å²) < 4.78 is 13.8. The van der Waals surface area contributed by atoms with Gasteiger partial charge in [-0.25, -0.2) is 4.39 Å². The molecule has 1 heterocycles. The molecule has 1 saturated heterocycles.